The van der Waals surface area contributed by atoms with Gasteiger partial charge in [-0.2, -0.15) is 0 Å². The molecule has 1 aromatic carbocycles. The number of methoxy groups -OCH3 is 2. The second-order valence-electron chi connectivity index (χ2n) is 4.67. The van der Waals surface area contributed by atoms with Crippen LogP contribution in [0.15, 0.2) is 24.4 Å². The van der Waals surface area contributed by atoms with Gasteiger partial charge < -0.3 is 14.8 Å². The molecule has 1 heterocycles. The van der Waals surface area contributed by atoms with Crippen molar-refractivity contribution in [2.45, 2.75) is 13.3 Å². The zero-order valence-electron chi connectivity index (χ0n) is 12.5. The van der Waals surface area contributed by atoms with Gasteiger partial charge in [0.25, 0.3) is 0 Å². The number of anilines is 1. The molecule has 0 aliphatic heterocycles. The minimum atomic E-state index is -0.331. The Labute approximate surface area is 123 Å². The first-order chi connectivity index (χ1) is 10.2. The quantitative estimate of drug-likeness (QED) is 0.798. The van der Waals surface area contributed by atoms with Crippen LogP contribution in [0.4, 0.5) is 10.3 Å². The number of nitrogens with zero attached hydrogens (tertiary/aromatic N) is 2. The molecule has 0 spiro atoms. The van der Waals surface area contributed by atoms with Crippen molar-refractivity contribution < 1.29 is 13.9 Å². The van der Waals surface area contributed by atoms with Gasteiger partial charge in [-0.05, 0) is 25.5 Å². The second-order valence-corrected chi connectivity index (χ2v) is 4.67. The van der Waals surface area contributed by atoms with Crippen LogP contribution < -0.4 is 10.1 Å². The summed E-state index contributed by atoms with van der Waals surface area (Å²) in [7, 11) is 3.20. The summed E-state index contributed by atoms with van der Waals surface area (Å²) in [5.74, 6) is 0.836. The molecule has 0 bridgehead atoms. The van der Waals surface area contributed by atoms with Crippen LogP contribution in [-0.4, -0.2) is 36.9 Å². The molecule has 0 atom stereocenters. The Morgan fingerprint density at radius 3 is 2.86 bits per heavy atom. The van der Waals surface area contributed by atoms with E-state index >= 15 is 0 Å². The maximum absolute atomic E-state index is 13.3. The van der Waals surface area contributed by atoms with E-state index in [4.69, 9.17) is 9.47 Å². The number of ether oxygens (including phenoxy) is 2. The molecule has 1 aromatic heterocycles. The van der Waals surface area contributed by atoms with Gasteiger partial charge in [0, 0.05) is 32.5 Å². The first kappa shape index (κ1) is 15.3. The predicted octanol–water partition coefficient (Wildman–Crippen LogP) is 2.78. The zero-order valence-corrected chi connectivity index (χ0v) is 12.5. The molecule has 0 aliphatic rings. The Hall–Kier alpha value is -2.08. The highest BCUT2D eigenvalue weighted by Crippen LogP contribution is 2.27. The number of benzene rings is 1. The lowest BCUT2D eigenvalue weighted by Crippen LogP contribution is -2.10. The van der Waals surface area contributed by atoms with Crippen molar-refractivity contribution in [2.24, 2.45) is 0 Å². The second kappa shape index (κ2) is 7.08. The lowest BCUT2D eigenvalue weighted by Gasteiger charge is -2.13. The lowest BCUT2D eigenvalue weighted by molar-refractivity contribution is 0.197. The van der Waals surface area contributed by atoms with Gasteiger partial charge in [-0.25, -0.2) is 9.37 Å². The fourth-order valence-corrected chi connectivity index (χ4v) is 2.07. The van der Waals surface area contributed by atoms with Crippen LogP contribution in [0.5, 0.6) is 5.75 Å². The van der Waals surface area contributed by atoms with Gasteiger partial charge in [-0.3, -0.25) is 4.57 Å². The first-order valence-electron chi connectivity index (χ1n) is 6.78. The maximum atomic E-state index is 13.3. The molecule has 0 unspecified atom stereocenters. The Kier molecular flexibility index (Phi) is 5.16. The summed E-state index contributed by atoms with van der Waals surface area (Å²) in [4.78, 5) is 4.44. The highest BCUT2D eigenvalue weighted by molar-refractivity contribution is 5.52. The molecule has 0 radical (unpaired) electrons. The minimum absolute atomic E-state index is 0.331. The molecular weight excluding hydrogens is 273 g/mol. The normalized spacial score (nSPS) is 10.7. The van der Waals surface area contributed by atoms with Gasteiger partial charge in [0.05, 0.1) is 18.5 Å². The van der Waals surface area contributed by atoms with Crippen molar-refractivity contribution in [2.75, 3.05) is 32.7 Å². The third-order valence-corrected chi connectivity index (χ3v) is 3.04. The molecule has 2 rings (SSSR count). The summed E-state index contributed by atoms with van der Waals surface area (Å²) in [5.41, 5.74) is 1.62. The van der Waals surface area contributed by atoms with E-state index in [1.165, 1.54) is 19.2 Å². The SMILES string of the molecule is COCCCNc1nc(C)cn1-c1ccc(F)cc1OC. The Bertz CT molecular complexity index is 599. The third kappa shape index (κ3) is 3.72. The fourth-order valence-electron chi connectivity index (χ4n) is 2.07. The van der Waals surface area contributed by atoms with E-state index in [-0.39, 0.29) is 5.82 Å². The number of aryl methyl sites for hydroxylation is 1. The Morgan fingerprint density at radius 1 is 1.33 bits per heavy atom. The van der Waals surface area contributed by atoms with E-state index in [0.717, 1.165) is 24.3 Å². The van der Waals surface area contributed by atoms with E-state index in [0.29, 0.717) is 18.3 Å². The molecule has 114 valence electrons. The predicted molar refractivity (Wildman–Crippen MR) is 79.8 cm³/mol. The zero-order chi connectivity index (χ0) is 15.2. The van der Waals surface area contributed by atoms with Gasteiger partial charge in [-0.1, -0.05) is 0 Å². The van der Waals surface area contributed by atoms with Crippen molar-refractivity contribution in [1.29, 1.82) is 0 Å². The number of halogens is 1. The number of rotatable bonds is 7. The van der Waals surface area contributed by atoms with Crippen LogP contribution in [0.1, 0.15) is 12.1 Å². The standard InChI is InChI=1S/C15H20FN3O2/c1-11-10-19(15(18-11)17-7-4-8-20-2)13-6-5-12(16)9-14(13)21-3/h5-6,9-10H,4,7-8H2,1-3H3,(H,17,18). The van der Waals surface area contributed by atoms with Crippen molar-refractivity contribution in [1.82, 2.24) is 9.55 Å². The molecule has 0 fully saturated rings. The molecule has 1 N–H and O–H groups in total. The van der Waals surface area contributed by atoms with Gasteiger partial charge >= 0.3 is 0 Å². The van der Waals surface area contributed by atoms with E-state index < -0.39 is 0 Å². The highest BCUT2D eigenvalue weighted by atomic mass is 19.1. The third-order valence-electron chi connectivity index (χ3n) is 3.04. The summed E-state index contributed by atoms with van der Waals surface area (Å²) in [5, 5.41) is 3.26. The molecule has 0 saturated heterocycles. The largest absolute Gasteiger partial charge is 0.494 e. The average molecular weight is 293 g/mol. The van der Waals surface area contributed by atoms with Crippen molar-refractivity contribution in [3.05, 3.63) is 35.9 Å². The van der Waals surface area contributed by atoms with Crippen LogP contribution in [-0.2, 0) is 4.74 Å². The van der Waals surface area contributed by atoms with Gasteiger partial charge in [0.15, 0.2) is 0 Å². The fraction of sp³-hybridized carbons (Fsp3) is 0.400. The number of nitrogens with one attached hydrogen (secondary N) is 1. The van der Waals surface area contributed by atoms with Crippen LogP contribution in [0.3, 0.4) is 0 Å². The number of imidazole rings is 1. The van der Waals surface area contributed by atoms with E-state index in [2.05, 4.69) is 10.3 Å². The molecule has 6 heteroatoms. The number of hydrogen-bond acceptors (Lipinski definition) is 4. The van der Waals surface area contributed by atoms with Gasteiger partial charge in [0.1, 0.15) is 11.6 Å². The van der Waals surface area contributed by atoms with Crippen molar-refractivity contribution >= 4 is 5.95 Å². The summed E-state index contributed by atoms with van der Waals surface area (Å²) in [6.07, 6.45) is 2.76. The van der Waals surface area contributed by atoms with Crippen LogP contribution in [0.2, 0.25) is 0 Å². The smallest absolute Gasteiger partial charge is 0.207 e. The number of hydrogen-bond donors (Lipinski definition) is 1. The van der Waals surface area contributed by atoms with E-state index in [9.17, 15) is 4.39 Å². The minimum Gasteiger partial charge on any atom is -0.494 e. The van der Waals surface area contributed by atoms with Gasteiger partial charge in [0.2, 0.25) is 5.95 Å². The molecule has 21 heavy (non-hydrogen) atoms. The summed E-state index contributed by atoms with van der Waals surface area (Å²) < 4.78 is 25.4. The number of aromatic nitrogens is 2. The summed E-state index contributed by atoms with van der Waals surface area (Å²) in [6, 6.07) is 4.44. The molecule has 0 saturated carbocycles. The first-order valence-corrected chi connectivity index (χ1v) is 6.78. The van der Waals surface area contributed by atoms with Crippen molar-refractivity contribution in [3.63, 3.8) is 0 Å². The monoisotopic (exact) mass is 293 g/mol. The van der Waals surface area contributed by atoms with Crippen LogP contribution in [0, 0.1) is 12.7 Å². The molecule has 0 amide bonds. The Morgan fingerprint density at radius 2 is 2.14 bits per heavy atom. The average Bonchev–Trinajstić information content (AvgIpc) is 2.84. The molecule has 0 aliphatic carbocycles. The maximum Gasteiger partial charge on any atom is 0.207 e. The Balaban J connectivity index is 2.27. The van der Waals surface area contributed by atoms with Crippen molar-refractivity contribution in [3.8, 4) is 11.4 Å². The van der Waals surface area contributed by atoms with Gasteiger partial charge in [-0.15, -0.1) is 0 Å². The summed E-state index contributed by atoms with van der Waals surface area (Å²) >= 11 is 0. The van der Waals surface area contributed by atoms with E-state index in [1.54, 1.807) is 13.2 Å². The molecular formula is C15H20FN3O2. The molecule has 2 aromatic rings. The topological polar surface area (TPSA) is 48.3 Å². The van der Waals surface area contributed by atoms with Crippen LogP contribution in [0.25, 0.3) is 5.69 Å². The lowest BCUT2D eigenvalue weighted by atomic mass is 10.3. The van der Waals surface area contributed by atoms with E-state index in [1.807, 2.05) is 17.7 Å². The highest BCUT2D eigenvalue weighted by Gasteiger charge is 2.12. The summed E-state index contributed by atoms with van der Waals surface area (Å²) in [6.45, 7) is 3.34. The van der Waals surface area contributed by atoms with Crippen LogP contribution >= 0.6 is 0 Å². The molecule has 5 nitrogen and oxygen atoms in total.